The summed E-state index contributed by atoms with van der Waals surface area (Å²) in [6, 6.07) is 0. The number of likely N-dealkylation sites (tertiary alicyclic amines) is 1. The van der Waals surface area contributed by atoms with Gasteiger partial charge in [-0.15, -0.1) is 0 Å². The van der Waals surface area contributed by atoms with E-state index in [1.165, 1.54) is 0 Å². The van der Waals surface area contributed by atoms with E-state index in [9.17, 15) is 5.11 Å². The molecule has 1 heterocycles. The summed E-state index contributed by atoms with van der Waals surface area (Å²) in [6.07, 6.45) is 1.59. The highest BCUT2D eigenvalue weighted by Gasteiger charge is 2.26. The molecule has 0 spiro atoms. The summed E-state index contributed by atoms with van der Waals surface area (Å²) in [5.41, 5.74) is 5.86. The van der Waals surface area contributed by atoms with Gasteiger partial charge in [-0.25, -0.2) is 0 Å². The van der Waals surface area contributed by atoms with E-state index in [4.69, 9.17) is 5.73 Å². The van der Waals surface area contributed by atoms with Crippen molar-refractivity contribution in [3.8, 4) is 0 Å². The minimum absolute atomic E-state index is 0.270. The zero-order chi connectivity index (χ0) is 10.8. The zero-order valence-corrected chi connectivity index (χ0v) is 9.66. The number of hydrogen-bond acceptors (Lipinski definition) is 3. The van der Waals surface area contributed by atoms with Gasteiger partial charge < -0.3 is 15.7 Å². The third-order valence-electron chi connectivity index (χ3n) is 2.72. The monoisotopic (exact) mass is 200 g/mol. The fourth-order valence-corrected chi connectivity index (χ4v) is 2.18. The lowest BCUT2D eigenvalue weighted by Gasteiger charge is -2.37. The molecule has 84 valence electrons. The van der Waals surface area contributed by atoms with Crippen molar-refractivity contribution in [3.63, 3.8) is 0 Å². The molecule has 1 aliphatic heterocycles. The van der Waals surface area contributed by atoms with Crippen LogP contribution in [0.15, 0.2) is 0 Å². The highest BCUT2D eigenvalue weighted by Crippen LogP contribution is 2.22. The van der Waals surface area contributed by atoms with Crippen LogP contribution < -0.4 is 5.73 Å². The first-order chi connectivity index (χ1) is 6.38. The molecule has 1 rings (SSSR count). The van der Waals surface area contributed by atoms with Gasteiger partial charge in [0.25, 0.3) is 0 Å². The van der Waals surface area contributed by atoms with Crippen LogP contribution in [-0.2, 0) is 0 Å². The van der Waals surface area contributed by atoms with E-state index in [0.717, 1.165) is 32.5 Å². The van der Waals surface area contributed by atoms with Crippen LogP contribution >= 0.6 is 0 Å². The van der Waals surface area contributed by atoms with E-state index in [1.807, 2.05) is 0 Å². The van der Waals surface area contributed by atoms with Gasteiger partial charge in [0.05, 0.1) is 0 Å². The number of rotatable bonds is 2. The molecule has 0 radical (unpaired) electrons. The molecule has 0 amide bonds. The molecule has 2 unspecified atom stereocenters. The first kappa shape index (κ1) is 12.0. The maximum atomic E-state index is 9.34. The van der Waals surface area contributed by atoms with E-state index in [1.54, 1.807) is 0 Å². The summed E-state index contributed by atoms with van der Waals surface area (Å²) in [4.78, 5) is 2.42. The van der Waals surface area contributed by atoms with Crippen LogP contribution in [0.4, 0.5) is 0 Å². The van der Waals surface area contributed by atoms with Crippen molar-refractivity contribution in [2.24, 2.45) is 17.1 Å². The molecule has 2 atom stereocenters. The first-order valence-corrected chi connectivity index (χ1v) is 5.54. The molecular formula is C11H24N2O. The Morgan fingerprint density at radius 2 is 2.14 bits per heavy atom. The van der Waals surface area contributed by atoms with Gasteiger partial charge in [-0.2, -0.15) is 0 Å². The second-order valence-electron chi connectivity index (χ2n) is 5.69. The van der Waals surface area contributed by atoms with Gasteiger partial charge >= 0.3 is 0 Å². The van der Waals surface area contributed by atoms with Crippen molar-refractivity contribution in [2.75, 3.05) is 19.6 Å². The van der Waals surface area contributed by atoms with E-state index in [2.05, 4.69) is 25.7 Å². The number of nitrogens with two attached hydrogens (primary N) is 1. The quantitative estimate of drug-likeness (QED) is 0.654. The summed E-state index contributed by atoms with van der Waals surface area (Å²) in [5, 5.41) is 9.34. The van der Waals surface area contributed by atoms with Gasteiger partial charge in [-0.1, -0.05) is 20.8 Å². The van der Waals surface area contributed by atoms with Crippen molar-refractivity contribution in [1.82, 2.24) is 4.90 Å². The fourth-order valence-electron chi connectivity index (χ4n) is 2.18. The summed E-state index contributed by atoms with van der Waals surface area (Å²) >= 11 is 0. The summed E-state index contributed by atoms with van der Waals surface area (Å²) in [7, 11) is 0. The molecule has 3 nitrogen and oxygen atoms in total. The van der Waals surface area contributed by atoms with Crippen LogP contribution in [0.1, 0.15) is 33.6 Å². The van der Waals surface area contributed by atoms with Gasteiger partial charge in [-0.3, -0.25) is 0 Å². The van der Waals surface area contributed by atoms with Gasteiger partial charge in [0.2, 0.25) is 0 Å². The second kappa shape index (κ2) is 4.60. The molecular weight excluding hydrogens is 176 g/mol. The largest absolute Gasteiger partial charge is 0.379 e. The minimum Gasteiger partial charge on any atom is -0.379 e. The number of aliphatic hydroxyl groups is 1. The third kappa shape index (κ3) is 3.95. The van der Waals surface area contributed by atoms with Crippen LogP contribution in [0.3, 0.4) is 0 Å². The molecule has 3 N–H and O–H groups in total. The lowest BCUT2D eigenvalue weighted by Crippen LogP contribution is -2.45. The Hall–Kier alpha value is -0.120. The lowest BCUT2D eigenvalue weighted by atomic mass is 9.91. The lowest BCUT2D eigenvalue weighted by molar-refractivity contribution is 0.0430. The molecule has 14 heavy (non-hydrogen) atoms. The van der Waals surface area contributed by atoms with E-state index < -0.39 is 6.23 Å². The maximum absolute atomic E-state index is 9.34. The topological polar surface area (TPSA) is 49.5 Å². The minimum atomic E-state index is -0.641. The fraction of sp³-hybridized carbons (Fsp3) is 1.00. The van der Waals surface area contributed by atoms with Gasteiger partial charge in [0, 0.05) is 19.0 Å². The van der Waals surface area contributed by atoms with Crippen LogP contribution in [-0.4, -0.2) is 35.9 Å². The molecule has 0 aromatic heterocycles. The normalized spacial score (nSPS) is 27.6. The van der Waals surface area contributed by atoms with Crippen molar-refractivity contribution in [3.05, 3.63) is 0 Å². The standard InChI is InChI=1S/C11H24N2O/c1-11(2,3)8-13-6-4-5-9(7-13)10(12)14/h9-10,14H,4-8,12H2,1-3H3. The Bertz CT molecular complexity index is 175. The smallest absolute Gasteiger partial charge is 0.106 e. The molecule has 0 aromatic rings. The molecule has 0 aliphatic carbocycles. The number of piperidine rings is 1. The Morgan fingerprint density at radius 1 is 1.50 bits per heavy atom. The Kier molecular flexibility index (Phi) is 3.93. The third-order valence-corrected chi connectivity index (χ3v) is 2.72. The predicted octanol–water partition coefficient (Wildman–Crippen LogP) is 1.02. The maximum Gasteiger partial charge on any atom is 0.106 e. The zero-order valence-electron chi connectivity index (χ0n) is 9.66. The predicted molar refractivity (Wildman–Crippen MR) is 58.8 cm³/mol. The molecule has 1 saturated heterocycles. The summed E-state index contributed by atoms with van der Waals surface area (Å²) in [6.45, 7) is 9.94. The average molecular weight is 200 g/mol. The summed E-state index contributed by atoms with van der Waals surface area (Å²) < 4.78 is 0. The van der Waals surface area contributed by atoms with Crippen molar-refractivity contribution in [1.29, 1.82) is 0 Å². The molecule has 1 fully saturated rings. The Morgan fingerprint density at radius 3 is 2.64 bits per heavy atom. The number of aliphatic hydroxyl groups excluding tert-OH is 1. The van der Waals surface area contributed by atoms with Gasteiger partial charge in [0.15, 0.2) is 0 Å². The number of nitrogens with zero attached hydrogens (tertiary/aromatic N) is 1. The summed E-state index contributed by atoms with van der Waals surface area (Å²) in [5.74, 6) is 0.270. The molecule has 0 bridgehead atoms. The number of hydrogen-bond donors (Lipinski definition) is 2. The van der Waals surface area contributed by atoms with Crippen LogP contribution in [0.2, 0.25) is 0 Å². The van der Waals surface area contributed by atoms with Gasteiger partial charge in [-0.05, 0) is 24.8 Å². The Balaban J connectivity index is 2.40. The van der Waals surface area contributed by atoms with Crippen LogP contribution in [0.5, 0.6) is 0 Å². The van der Waals surface area contributed by atoms with Crippen LogP contribution in [0, 0.1) is 11.3 Å². The van der Waals surface area contributed by atoms with Crippen molar-refractivity contribution < 1.29 is 5.11 Å². The van der Waals surface area contributed by atoms with Gasteiger partial charge in [0.1, 0.15) is 6.23 Å². The second-order valence-corrected chi connectivity index (χ2v) is 5.69. The van der Waals surface area contributed by atoms with E-state index in [0.29, 0.717) is 5.41 Å². The molecule has 0 aromatic carbocycles. The van der Waals surface area contributed by atoms with E-state index >= 15 is 0 Å². The van der Waals surface area contributed by atoms with Crippen molar-refractivity contribution in [2.45, 2.75) is 39.8 Å². The molecule has 1 aliphatic rings. The average Bonchev–Trinajstić information content (AvgIpc) is 2.01. The SMILES string of the molecule is CC(C)(C)CN1CCCC(C(N)O)C1. The van der Waals surface area contributed by atoms with Crippen molar-refractivity contribution >= 4 is 0 Å². The highest BCUT2D eigenvalue weighted by molar-refractivity contribution is 4.78. The van der Waals surface area contributed by atoms with Crippen LogP contribution in [0.25, 0.3) is 0 Å². The van der Waals surface area contributed by atoms with E-state index in [-0.39, 0.29) is 5.92 Å². The first-order valence-electron chi connectivity index (χ1n) is 5.54. The highest BCUT2D eigenvalue weighted by atomic mass is 16.3. The molecule has 0 saturated carbocycles. The Labute approximate surface area is 87.3 Å². The molecule has 3 heteroatoms.